The van der Waals surface area contributed by atoms with E-state index in [1.54, 1.807) is 30.3 Å². The van der Waals surface area contributed by atoms with Crippen molar-refractivity contribution in [2.75, 3.05) is 23.8 Å². The molecule has 0 aliphatic carbocycles. The fourth-order valence-corrected chi connectivity index (χ4v) is 2.01. The maximum atomic E-state index is 11.9. The predicted molar refractivity (Wildman–Crippen MR) is 98.4 cm³/mol. The molecule has 130 valence electrons. The highest BCUT2D eigenvalue weighted by Crippen LogP contribution is 2.13. The highest BCUT2D eigenvalue weighted by molar-refractivity contribution is 5.93. The molecule has 0 saturated heterocycles. The molecule has 0 saturated carbocycles. The molecular formula is C19H21N3O3. The van der Waals surface area contributed by atoms with Crippen LogP contribution in [0.2, 0.25) is 0 Å². The van der Waals surface area contributed by atoms with Crippen molar-refractivity contribution in [2.24, 2.45) is 0 Å². The first-order valence-corrected chi connectivity index (χ1v) is 7.84. The van der Waals surface area contributed by atoms with Crippen molar-refractivity contribution in [1.82, 2.24) is 5.32 Å². The second-order valence-electron chi connectivity index (χ2n) is 5.23. The molecule has 6 nitrogen and oxygen atoms in total. The summed E-state index contributed by atoms with van der Waals surface area (Å²) in [6.45, 7) is 4.27. The first kappa shape index (κ1) is 18.2. The molecule has 0 aromatic heterocycles. The van der Waals surface area contributed by atoms with Crippen LogP contribution >= 0.6 is 0 Å². The molecule has 3 N–H and O–H groups in total. The summed E-state index contributed by atoms with van der Waals surface area (Å²) >= 11 is 0. The zero-order valence-corrected chi connectivity index (χ0v) is 13.8. The van der Waals surface area contributed by atoms with E-state index >= 15 is 0 Å². The number of amides is 3. The normalized spacial score (nSPS) is 9.92. The molecular weight excluding hydrogens is 318 g/mol. The van der Waals surface area contributed by atoms with E-state index < -0.39 is 0 Å². The number of urea groups is 1. The van der Waals surface area contributed by atoms with Gasteiger partial charge < -0.3 is 20.7 Å². The van der Waals surface area contributed by atoms with Crippen LogP contribution in [-0.2, 0) is 16.1 Å². The van der Waals surface area contributed by atoms with Crippen LogP contribution in [0, 0.1) is 0 Å². The lowest BCUT2D eigenvalue weighted by atomic mass is 10.2. The lowest BCUT2D eigenvalue weighted by Crippen LogP contribution is -2.28. The lowest BCUT2D eigenvalue weighted by Gasteiger charge is -2.09. The van der Waals surface area contributed by atoms with Gasteiger partial charge in [0.05, 0.1) is 6.61 Å². The molecule has 0 fully saturated rings. The van der Waals surface area contributed by atoms with Crippen molar-refractivity contribution >= 4 is 23.3 Å². The number of ether oxygens (including phenoxy) is 1. The fourth-order valence-electron chi connectivity index (χ4n) is 2.01. The summed E-state index contributed by atoms with van der Waals surface area (Å²) in [5.41, 5.74) is 2.27. The van der Waals surface area contributed by atoms with Crippen molar-refractivity contribution in [1.29, 1.82) is 0 Å². The van der Waals surface area contributed by atoms with Crippen LogP contribution in [0.3, 0.4) is 0 Å². The summed E-state index contributed by atoms with van der Waals surface area (Å²) in [5.74, 6) is -0.236. The highest BCUT2D eigenvalue weighted by atomic mass is 16.5. The highest BCUT2D eigenvalue weighted by Gasteiger charge is 2.04. The van der Waals surface area contributed by atoms with E-state index in [1.165, 1.54) is 0 Å². The quantitative estimate of drug-likeness (QED) is 0.646. The maximum absolute atomic E-state index is 11.9. The first-order valence-electron chi connectivity index (χ1n) is 7.84. The first-order chi connectivity index (χ1) is 12.2. The van der Waals surface area contributed by atoms with E-state index in [9.17, 15) is 9.59 Å². The Bertz CT molecular complexity index is 700. The van der Waals surface area contributed by atoms with Crippen molar-refractivity contribution in [3.05, 3.63) is 72.8 Å². The van der Waals surface area contributed by atoms with Crippen molar-refractivity contribution in [3.8, 4) is 0 Å². The van der Waals surface area contributed by atoms with Crippen LogP contribution in [0.4, 0.5) is 16.2 Å². The largest absolute Gasteiger partial charge is 0.367 e. The Kier molecular flexibility index (Phi) is 7.21. The van der Waals surface area contributed by atoms with E-state index in [1.807, 2.05) is 30.3 Å². The van der Waals surface area contributed by atoms with Crippen molar-refractivity contribution in [3.63, 3.8) is 0 Å². The Morgan fingerprint density at radius 2 is 1.60 bits per heavy atom. The van der Waals surface area contributed by atoms with Crippen LogP contribution in [-0.4, -0.2) is 25.1 Å². The van der Waals surface area contributed by atoms with Crippen LogP contribution in [0.1, 0.15) is 5.56 Å². The number of nitrogens with one attached hydrogen (secondary N) is 3. The molecule has 0 radical (unpaired) electrons. The summed E-state index contributed by atoms with van der Waals surface area (Å²) in [4.78, 5) is 23.4. The van der Waals surface area contributed by atoms with Crippen molar-refractivity contribution in [2.45, 2.75) is 6.61 Å². The Hall–Kier alpha value is -3.12. The van der Waals surface area contributed by atoms with Gasteiger partial charge in [-0.05, 0) is 29.8 Å². The third kappa shape index (κ3) is 6.88. The summed E-state index contributed by atoms with van der Waals surface area (Å²) in [6.07, 6.45) is 1.60. The number of hydrogen-bond acceptors (Lipinski definition) is 3. The van der Waals surface area contributed by atoms with Gasteiger partial charge in [-0.3, -0.25) is 4.79 Å². The van der Waals surface area contributed by atoms with Gasteiger partial charge in [-0.1, -0.05) is 36.4 Å². The number of benzene rings is 2. The molecule has 3 amide bonds. The topological polar surface area (TPSA) is 79.5 Å². The van der Waals surface area contributed by atoms with Crippen LogP contribution in [0.25, 0.3) is 0 Å². The van der Waals surface area contributed by atoms with E-state index in [2.05, 4.69) is 22.5 Å². The molecule has 0 aliphatic rings. The smallest absolute Gasteiger partial charge is 0.319 e. The van der Waals surface area contributed by atoms with Gasteiger partial charge in [-0.15, -0.1) is 6.58 Å². The van der Waals surface area contributed by atoms with Gasteiger partial charge in [-0.2, -0.15) is 0 Å². The number of carbonyl (C=O) groups is 2. The Morgan fingerprint density at radius 3 is 2.24 bits per heavy atom. The molecule has 0 aliphatic heterocycles. The van der Waals surface area contributed by atoms with E-state index in [4.69, 9.17) is 4.74 Å². The number of carbonyl (C=O) groups excluding carboxylic acids is 2. The zero-order chi connectivity index (χ0) is 17.9. The molecule has 0 unspecified atom stereocenters. The minimum atomic E-state index is -0.314. The number of rotatable bonds is 8. The molecule has 0 bridgehead atoms. The molecule has 0 atom stereocenters. The van der Waals surface area contributed by atoms with Crippen molar-refractivity contribution < 1.29 is 14.3 Å². The van der Waals surface area contributed by atoms with Gasteiger partial charge in [-0.25, -0.2) is 4.79 Å². The van der Waals surface area contributed by atoms with Crippen LogP contribution in [0.5, 0.6) is 0 Å². The second-order valence-corrected chi connectivity index (χ2v) is 5.23. The minimum Gasteiger partial charge on any atom is -0.367 e. The van der Waals surface area contributed by atoms with Gasteiger partial charge in [0.25, 0.3) is 0 Å². The summed E-state index contributed by atoms with van der Waals surface area (Å²) in [5, 5.41) is 8.02. The molecule has 0 heterocycles. The Morgan fingerprint density at radius 1 is 0.960 bits per heavy atom. The second kappa shape index (κ2) is 9.89. The molecule has 25 heavy (non-hydrogen) atoms. The fraction of sp³-hybridized carbons (Fsp3) is 0.158. The predicted octanol–water partition coefficient (Wildman–Crippen LogP) is 3.15. The van der Waals surface area contributed by atoms with Crippen LogP contribution in [0.15, 0.2) is 67.3 Å². The molecule has 2 aromatic carbocycles. The Balaban J connectivity index is 1.73. The standard InChI is InChI=1S/C19H21N3O3/c1-2-12-20-19(24)22-17-10-8-16(9-11-17)21-18(23)14-25-13-15-6-4-3-5-7-15/h2-11H,1,12-14H2,(H,21,23)(H2,20,22,24). The third-order valence-electron chi connectivity index (χ3n) is 3.18. The average Bonchev–Trinajstić information content (AvgIpc) is 2.62. The summed E-state index contributed by atoms with van der Waals surface area (Å²) in [7, 11) is 0. The average molecular weight is 339 g/mol. The SMILES string of the molecule is C=CCNC(=O)Nc1ccc(NC(=O)COCc2ccccc2)cc1. The van der Waals surface area contributed by atoms with Gasteiger partial charge in [0.1, 0.15) is 6.61 Å². The van der Waals surface area contributed by atoms with Crippen LogP contribution < -0.4 is 16.0 Å². The third-order valence-corrected chi connectivity index (χ3v) is 3.18. The zero-order valence-electron chi connectivity index (χ0n) is 13.8. The van der Waals surface area contributed by atoms with Gasteiger partial charge in [0.2, 0.25) is 5.91 Å². The monoisotopic (exact) mass is 339 g/mol. The lowest BCUT2D eigenvalue weighted by molar-refractivity contribution is -0.121. The molecule has 2 rings (SSSR count). The van der Waals surface area contributed by atoms with Gasteiger partial charge >= 0.3 is 6.03 Å². The number of anilines is 2. The Labute approximate surface area is 146 Å². The molecule has 0 spiro atoms. The summed E-state index contributed by atoms with van der Waals surface area (Å²) in [6, 6.07) is 16.2. The van der Waals surface area contributed by atoms with E-state index in [0.29, 0.717) is 24.5 Å². The molecule has 2 aromatic rings. The van der Waals surface area contributed by atoms with Gasteiger partial charge in [0.15, 0.2) is 0 Å². The molecule has 6 heteroatoms. The maximum Gasteiger partial charge on any atom is 0.319 e. The van der Waals surface area contributed by atoms with E-state index in [0.717, 1.165) is 5.56 Å². The summed E-state index contributed by atoms with van der Waals surface area (Å²) < 4.78 is 5.38. The number of hydrogen-bond donors (Lipinski definition) is 3. The van der Waals surface area contributed by atoms with E-state index in [-0.39, 0.29) is 18.5 Å². The van der Waals surface area contributed by atoms with Gasteiger partial charge in [0, 0.05) is 17.9 Å². The minimum absolute atomic E-state index is 0.0289.